The summed E-state index contributed by atoms with van der Waals surface area (Å²) in [6.45, 7) is 1.92. The van der Waals surface area contributed by atoms with Gasteiger partial charge >= 0.3 is 5.97 Å². The van der Waals surface area contributed by atoms with E-state index in [1.165, 1.54) is 28.0 Å². The van der Waals surface area contributed by atoms with Gasteiger partial charge in [0.25, 0.3) is 0 Å². The number of nitrogens with zero attached hydrogens (tertiary/aromatic N) is 2. The zero-order chi connectivity index (χ0) is 26.7. The van der Waals surface area contributed by atoms with E-state index in [0.29, 0.717) is 22.4 Å². The fourth-order valence-corrected chi connectivity index (χ4v) is 5.59. The van der Waals surface area contributed by atoms with Crippen molar-refractivity contribution in [2.24, 2.45) is 12.2 Å². The van der Waals surface area contributed by atoms with E-state index in [2.05, 4.69) is 5.16 Å². The molecule has 9 heteroatoms. The predicted molar refractivity (Wildman–Crippen MR) is 144 cm³/mol. The molecule has 2 heterocycles. The maximum Gasteiger partial charge on any atom is 0.346 e. The van der Waals surface area contributed by atoms with Crippen LogP contribution < -0.4 is 5.56 Å². The maximum atomic E-state index is 15.1. The summed E-state index contributed by atoms with van der Waals surface area (Å²) in [7, 11) is 1.60. The van der Waals surface area contributed by atoms with E-state index in [0.717, 1.165) is 22.3 Å². The highest BCUT2D eigenvalue weighted by molar-refractivity contribution is 7.12. The Morgan fingerprint density at radius 2 is 1.89 bits per heavy atom. The molecule has 190 valence electrons. The molecule has 37 heavy (non-hydrogen) atoms. The lowest BCUT2D eigenvalue weighted by Gasteiger charge is -2.20. The first-order chi connectivity index (χ1) is 17.7. The first-order valence-electron chi connectivity index (χ1n) is 11.5. The third-order valence-electron chi connectivity index (χ3n) is 6.34. The van der Waals surface area contributed by atoms with Crippen molar-refractivity contribution < 1.29 is 19.5 Å². The maximum absolute atomic E-state index is 15.1. The molecule has 2 N–H and O–H groups in total. The molecule has 1 atom stereocenters. The molecule has 1 unspecified atom stereocenters. The topological polar surface area (TPSA) is 91.9 Å². The Kier molecular flexibility index (Phi) is 7.90. The van der Waals surface area contributed by atoms with Crippen molar-refractivity contribution in [1.29, 1.82) is 0 Å². The van der Waals surface area contributed by atoms with Crippen LogP contribution in [0.25, 0.3) is 11.1 Å². The molecule has 0 saturated carbocycles. The number of carboxylic acid groups (broad SMARTS) is 1. The number of thiophene rings is 1. The molecule has 4 rings (SSSR count). The zero-order valence-electron chi connectivity index (χ0n) is 20.1. The predicted octanol–water partition coefficient (Wildman–Crippen LogP) is 6.57. The number of halogens is 2. The van der Waals surface area contributed by atoms with Gasteiger partial charge in [-0.1, -0.05) is 54.0 Å². The van der Waals surface area contributed by atoms with Crippen molar-refractivity contribution in [3.8, 4) is 11.1 Å². The van der Waals surface area contributed by atoms with Crippen molar-refractivity contribution in [1.82, 2.24) is 4.57 Å². The molecule has 0 amide bonds. The number of hydrogen-bond donors (Lipinski definition) is 2. The molecule has 0 spiro atoms. The molecule has 0 saturated heterocycles. The van der Waals surface area contributed by atoms with Crippen LogP contribution in [0.15, 0.2) is 76.1 Å². The van der Waals surface area contributed by atoms with Gasteiger partial charge in [0.15, 0.2) is 0 Å². The van der Waals surface area contributed by atoms with E-state index in [1.807, 2.05) is 36.6 Å². The minimum absolute atomic E-state index is 0.147. The Morgan fingerprint density at radius 1 is 1.16 bits per heavy atom. The Labute approximate surface area is 221 Å². The van der Waals surface area contributed by atoms with Gasteiger partial charge in [0.05, 0.1) is 5.71 Å². The van der Waals surface area contributed by atoms with Crippen LogP contribution in [0, 0.1) is 5.82 Å². The van der Waals surface area contributed by atoms with Gasteiger partial charge in [-0.05, 0) is 57.8 Å². The standard InChI is InChI=1S/C28H24ClFN2O4S/c1-3-20-23(15-37-27(20)28(34)35)17-6-4-16(5-7-17)22(21-10-9-19(29)12-24(21)30)13-25(31-36)18-8-11-26(33)32(2)14-18/h4-12,14-15,22,36H,3,13H2,1-2H3,(H,34,35). The summed E-state index contributed by atoms with van der Waals surface area (Å²) in [6.07, 6.45) is 2.30. The lowest BCUT2D eigenvalue weighted by atomic mass is 9.84. The second-order valence-electron chi connectivity index (χ2n) is 8.57. The molecule has 0 aliphatic carbocycles. The number of aromatic nitrogens is 1. The Morgan fingerprint density at radius 3 is 2.49 bits per heavy atom. The Balaban J connectivity index is 1.76. The number of benzene rings is 2. The van der Waals surface area contributed by atoms with Gasteiger partial charge in [0.1, 0.15) is 10.7 Å². The van der Waals surface area contributed by atoms with Crippen LogP contribution >= 0.6 is 22.9 Å². The second kappa shape index (κ2) is 11.1. The van der Waals surface area contributed by atoms with Crippen molar-refractivity contribution >= 4 is 34.6 Å². The summed E-state index contributed by atoms with van der Waals surface area (Å²) in [5.74, 6) is -1.97. The van der Waals surface area contributed by atoms with Gasteiger partial charge in [-0.15, -0.1) is 11.3 Å². The summed E-state index contributed by atoms with van der Waals surface area (Å²) in [5, 5.41) is 24.9. The smallest absolute Gasteiger partial charge is 0.346 e. The van der Waals surface area contributed by atoms with E-state index < -0.39 is 17.7 Å². The molecule has 2 aromatic heterocycles. The molecule has 0 bridgehead atoms. The number of carbonyl (C=O) groups is 1. The first kappa shape index (κ1) is 26.3. The van der Waals surface area contributed by atoms with Gasteiger partial charge in [-0.25, -0.2) is 9.18 Å². The van der Waals surface area contributed by atoms with E-state index in [9.17, 15) is 19.9 Å². The van der Waals surface area contributed by atoms with Gasteiger partial charge in [-0.2, -0.15) is 0 Å². The van der Waals surface area contributed by atoms with E-state index >= 15 is 4.39 Å². The van der Waals surface area contributed by atoms with E-state index in [4.69, 9.17) is 11.6 Å². The molecule has 0 aliphatic heterocycles. The SMILES string of the molecule is CCc1c(-c2ccc(C(CC(=NO)c3ccc(=O)n(C)c3)c3ccc(Cl)cc3F)cc2)csc1C(=O)O. The Bertz CT molecular complexity index is 1540. The number of aromatic carboxylic acids is 1. The van der Waals surface area contributed by atoms with Crippen LogP contribution in [0.4, 0.5) is 4.39 Å². The molecule has 0 aliphatic rings. The van der Waals surface area contributed by atoms with Crippen LogP contribution in [0.2, 0.25) is 5.02 Å². The van der Waals surface area contributed by atoms with Crippen molar-refractivity contribution in [2.75, 3.05) is 0 Å². The number of carboxylic acids is 1. The monoisotopic (exact) mass is 538 g/mol. The highest BCUT2D eigenvalue weighted by Gasteiger charge is 2.23. The van der Waals surface area contributed by atoms with Gasteiger partial charge in [0, 0.05) is 42.2 Å². The third kappa shape index (κ3) is 5.50. The molecule has 0 radical (unpaired) electrons. The number of rotatable bonds is 8. The minimum Gasteiger partial charge on any atom is -0.477 e. The first-order valence-corrected chi connectivity index (χ1v) is 12.8. The highest BCUT2D eigenvalue weighted by Crippen LogP contribution is 2.36. The molecular formula is C28H24ClFN2O4S. The minimum atomic E-state index is -0.947. The van der Waals surface area contributed by atoms with Crippen molar-refractivity contribution in [3.63, 3.8) is 0 Å². The summed E-state index contributed by atoms with van der Waals surface area (Å²) in [6, 6.07) is 14.9. The largest absolute Gasteiger partial charge is 0.477 e. The van der Waals surface area contributed by atoms with Crippen molar-refractivity contribution in [3.05, 3.63) is 114 Å². The third-order valence-corrected chi connectivity index (χ3v) is 7.59. The molecule has 0 fully saturated rings. The fraction of sp³-hybridized carbons (Fsp3) is 0.179. The summed E-state index contributed by atoms with van der Waals surface area (Å²) in [4.78, 5) is 23.7. The summed E-state index contributed by atoms with van der Waals surface area (Å²) < 4.78 is 16.5. The lowest BCUT2D eigenvalue weighted by molar-refractivity contribution is 0.0701. The van der Waals surface area contributed by atoms with E-state index in [-0.39, 0.29) is 22.7 Å². The van der Waals surface area contributed by atoms with Crippen LogP contribution in [-0.4, -0.2) is 26.6 Å². The van der Waals surface area contributed by atoms with E-state index in [1.54, 1.807) is 31.4 Å². The number of aryl methyl sites for hydroxylation is 1. The van der Waals surface area contributed by atoms with Crippen LogP contribution in [0.1, 0.15) is 51.2 Å². The van der Waals surface area contributed by atoms with Crippen LogP contribution in [0.5, 0.6) is 0 Å². The van der Waals surface area contributed by atoms with Crippen molar-refractivity contribution in [2.45, 2.75) is 25.7 Å². The average Bonchev–Trinajstić information content (AvgIpc) is 3.32. The van der Waals surface area contributed by atoms with Crippen LogP contribution in [0.3, 0.4) is 0 Å². The molecule has 2 aromatic carbocycles. The Hall–Kier alpha value is -3.75. The fourth-order valence-electron chi connectivity index (χ4n) is 4.42. The van der Waals surface area contributed by atoms with Gasteiger partial charge in [-0.3, -0.25) is 4.79 Å². The highest BCUT2D eigenvalue weighted by atomic mass is 35.5. The van der Waals surface area contributed by atoms with Crippen LogP contribution in [-0.2, 0) is 13.5 Å². The molecular weight excluding hydrogens is 515 g/mol. The average molecular weight is 539 g/mol. The number of hydrogen-bond acceptors (Lipinski definition) is 5. The number of oxime groups is 1. The zero-order valence-corrected chi connectivity index (χ0v) is 21.7. The lowest BCUT2D eigenvalue weighted by Crippen LogP contribution is -2.18. The normalized spacial score (nSPS) is 12.5. The number of pyridine rings is 1. The summed E-state index contributed by atoms with van der Waals surface area (Å²) in [5.41, 5.74) is 4.24. The summed E-state index contributed by atoms with van der Waals surface area (Å²) >= 11 is 7.19. The second-order valence-corrected chi connectivity index (χ2v) is 9.89. The van der Waals surface area contributed by atoms with Gasteiger partial charge in [0.2, 0.25) is 5.56 Å². The molecule has 4 aromatic rings. The quantitative estimate of drug-likeness (QED) is 0.151. The van der Waals surface area contributed by atoms with Gasteiger partial charge < -0.3 is 14.9 Å². The molecule has 6 nitrogen and oxygen atoms in total.